The van der Waals surface area contributed by atoms with Gasteiger partial charge in [-0.25, -0.2) is 4.79 Å². The first-order chi connectivity index (χ1) is 15.3. The summed E-state index contributed by atoms with van der Waals surface area (Å²) in [5, 5.41) is 11.2. The molecule has 0 saturated carbocycles. The molecule has 0 aliphatic carbocycles. The Kier molecular flexibility index (Phi) is 7.98. The maximum Gasteiger partial charge on any atom is 0.406 e. The summed E-state index contributed by atoms with van der Waals surface area (Å²) >= 11 is 0. The van der Waals surface area contributed by atoms with Gasteiger partial charge < -0.3 is 25.1 Å². The Bertz CT molecular complexity index is 907. The van der Waals surface area contributed by atoms with Crippen LogP contribution in [0, 0.1) is 5.92 Å². The van der Waals surface area contributed by atoms with Gasteiger partial charge in [0, 0.05) is 38.3 Å². The Morgan fingerprint density at radius 1 is 1.28 bits per heavy atom. The van der Waals surface area contributed by atoms with Crippen LogP contribution in [0.25, 0.3) is 0 Å². The molecule has 1 amide bonds. The molecule has 174 valence electrons. The van der Waals surface area contributed by atoms with Gasteiger partial charge in [-0.3, -0.25) is 4.79 Å². The van der Waals surface area contributed by atoms with Gasteiger partial charge in [0.2, 0.25) is 0 Å². The number of hydrogen-bond donors (Lipinski definition) is 2. The maximum absolute atomic E-state index is 12.7. The largest absolute Gasteiger partial charge is 0.449 e. The summed E-state index contributed by atoms with van der Waals surface area (Å²) in [7, 11) is 1.54. The van der Waals surface area contributed by atoms with Crippen LogP contribution in [0.2, 0.25) is 0 Å². The number of benzene rings is 1. The van der Waals surface area contributed by atoms with Crippen LogP contribution in [0.4, 0.5) is 4.79 Å². The number of carbonyl (C=O) groups is 2. The van der Waals surface area contributed by atoms with Crippen LogP contribution in [-0.4, -0.2) is 52.4 Å². The quantitative estimate of drug-likeness (QED) is 0.577. The third kappa shape index (κ3) is 6.37. The molecule has 3 rings (SSSR count). The second kappa shape index (κ2) is 10.7. The van der Waals surface area contributed by atoms with E-state index in [1.54, 1.807) is 13.8 Å². The molecule has 9 nitrogen and oxygen atoms in total. The van der Waals surface area contributed by atoms with Gasteiger partial charge in [-0.05, 0) is 25.8 Å². The van der Waals surface area contributed by atoms with Crippen molar-refractivity contribution in [1.82, 2.24) is 20.1 Å². The number of aromatic nitrogens is 3. The summed E-state index contributed by atoms with van der Waals surface area (Å²) < 4.78 is 13.2. The number of carbonyl (C=O) groups excluding carboxylic acids is 2. The molecule has 1 aromatic carbocycles. The van der Waals surface area contributed by atoms with Gasteiger partial charge in [0.15, 0.2) is 5.78 Å². The predicted octanol–water partition coefficient (Wildman–Crippen LogP) is 2.19. The molecule has 1 aromatic heterocycles. The van der Waals surface area contributed by atoms with Crippen LogP contribution in [0.5, 0.6) is 0 Å². The standard InChI is InChI=1S/C23H33N5O4/c1-23(2,24)19(29)12-18(15-31-13-16-7-5-4-6-8-16)21-27-26-20-11-17(9-10-28(20)21)14-32-22(30)25-3/h4-8,17-18H,9-15,24H2,1-3H3,(H,25,30)/t17?,18-/m1/s1. The maximum atomic E-state index is 12.7. The Balaban J connectivity index is 1.70. The zero-order chi connectivity index (χ0) is 23.1. The number of ether oxygens (including phenoxy) is 2. The van der Waals surface area contributed by atoms with Crippen molar-refractivity contribution in [1.29, 1.82) is 0 Å². The molecule has 0 radical (unpaired) electrons. The number of fused-ring (bicyclic) bond motifs is 1. The van der Waals surface area contributed by atoms with E-state index in [9.17, 15) is 9.59 Å². The number of Topliss-reactive ketones (excluding diaryl/α,β-unsaturated/α-hetero) is 1. The zero-order valence-corrected chi connectivity index (χ0v) is 19.0. The van der Waals surface area contributed by atoms with E-state index < -0.39 is 11.6 Å². The van der Waals surface area contributed by atoms with E-state index >= 15 is 0 Å². The van der Waals surface area contributed by atoms with Gasteiger partial charge in [-0.1, -0.05) is 30.3 Å². The lowest BCUT2D eigenvalue weighted by Crippen LogP contribution is -2.42. The highest BCUT2D eigenvalue weighted by molar-refractivity contribution is 5.87. The Labute approximate surface area is 188 Å². The van der Waals surface area contributed by atoms with E-state index in [1.165, 1.54) is 7.05 Å². The van der Waals surface area contributed by atoms with E-state index in [0.29, 0.717) is 32.8 Å². The van der Waals surface area contributed by atoms with Crippen molar-refractivity contribution in [3.8, 4) is 0 Å². The molecule has 0 bridgehead atoms. The number of alkyl carbamates (subject to hydrolysis) is 1. The highest BCUT2D eigenvalue weighted by Crippen LogP contribution is 2.27. The number of nitrogens with two attached hydrogens (primary N) is 1. The summed E-state index contributed by atoms with van der Waals surface area (Å²) in [5.41, 5.74) is 6.19. The molecule has 9 heteroatoms. The summed E-state index contributed by atoms with van der Waals surface area (Å²) in [6.45, 7) is 5.27. The minimum absolute atomic E-state index is 0.0455. The third-order valence-corrected chi connectivity index (χ3v) is 5.69. The van der Waals surface area contributed by atoms with E-state index in [1.807, 2.05) is 30.3 Å². The molecule has 1 aliphatic heterocycles. The molecule has 2 aromatic rings. The monoisotopic (exact) mass is 443 g/mol. The summed E-state index contributed by atoms with van der Waals surface area (Å²) in [4.78, 5) is 24.1. The van der Waals surface area contributed by atoms with Gasteiger partial charge in [0.1, 0.15) is 11.6 Å². The van der Waals surface area contributed by atoms with Crippen LogP contribution in [0.1, 0.15) is 49.8 Å². The predicted molar refractivity (Wildman–Crippen MR) is 119 cm³/mol. The first-order valence-electron chi connectivity index (χ1n) is 11.0. The molecule has 3 N–H and O–H groups in total. The Morgan fingerprint density at radius 2 is 2.03 bits per heavy atom. The van der Waals surface area contributed by atoms with E-state index in [0.717, 1.165) is 23.6 Å². The molecule has 0 spiro atoms. The minimum Gasteiger partial charge on any atom is -0.449 e. The van der Waals surface area contributed by atoms with Crippen molar-refractivity contribution >= 4 is 11.9 Å². The van der Waals surface area contributed by atoms with E-state index in [-0.39, 0.29) is 24.0 Å². The topological polar surface area (TPSA) is 121 Å². The van der Waals surface area contributed by atoms with Crippen molar-refractivity contribution in [2.45, 2.75) is 57.7 Å². The lowest BCUT2D eigenvalue weighted by Gasteiger charge is -2.26. The Morgan fingerprint density at radius 3 is 2.72 bits per heavy atom. The molecule has 0 fully saturated rings. The number of nitrogens with one attached hydrogen (secondary N) is 1. The highest BCUT2D eigenvalue weighted by atomic mass is 16.5. The van der Waals surface area contributed by atoms with Crippen LogP contribution in [0.3, 0.4) is 0 Å². The molecule has 2 atom stereocenters. The number of ketones is 1. The fraction of sp³-hybridized carbons (Fsp3) is 0.565. The lowest BCUT2D eigenvalue weighted by atomic mass is 9.91. The van der Waals surface area contributed by atoms with Gasteiger partial charge in [-0.2, -0.15) is 0 Å². The summed E-state index contributed by atoms with van der Waals surface area (Å²) in [6, 6.07) is 9.90. The van der Waals surface area contributed by atoms with Crippen molar-refractivity contribution in [3.05, 3.63) is 47.5 Å². The number of rotatable bonds is 10. The number of nitrogens with zero attached hydrogens (tertiary/aromatic N) is 3. The van der Waals surface area contributed by atoms with Gasteiger partial charge in [0.05, 0.1) is 25.4 Å². The Hall–Kier alpha value is -2.78. The molecule has 2 heterocycles. The van der Waals surface area contributed by atoms with E-state index in [4.69, 9.17) is 15.2 Å². The van der Waals surface area contributed by atoms with Crippen LogP contribution >= 0.6 is 0 Å². The lowest BCUT2D eigenvalue weighted by molar-refractivity contribution is -0.123. The molecule has 1 unspecified atom stereocenters. The fourth-order valence-electron chi connectivity index (χ4n) is 3.73. The summed E-state index contributed by atoms with van der Waals surface area (Å²) in [6.07, 6.45) is 1.30. The zero-order valence-electron chi connectivity index (χ0n) is 19.0. The van der Waals surface area contributed by atoms with Crippen molar-refractivity contribution in [2.24, 2.45) is 11.7 Å². The van der Waals surface area contributed by atoms with Crippen molar-refractivity contribution in [2.75, 3.05) is 20.3 Å². The van der Waals surface area contributed by atoms with Gasteiger partial charge in [0.25, 0.3) is 0 Å². The number of amides is 1. The van der Waals surface area contributed by atoms with E-state index in [2.05, 4.69) is 20.1 Å². The average Bonchev–Trinajstić information content (AvgIpc) is 3.20. The van der Waals surface area contributed by atoms with Crippen LogP contribution in [0.15, 0.2) is 30.3 Å². The molecular formula is C23H33N5O4. The van der Waals surface area contributed by atoms with Crippen LogP contribution < -0.4 is 11.1 Å². The third-order valence-electron chi connectivity index (χ3n) is 5.69. The molecule has 32 heavy (non-hydrogen) atoms. The molecule has 0 saturated heterocycles. The van der Waals surface area contributed by atoms with Crippen molar-refractivity contribution in [3.63, 3.8) is 0 Å². The second-order valence-electron chi connectivity index (χ2n) is 8.88. The smallest absolute Gasteiger partial charge is 0.406 e. The first kappa shape index (κ1) is 23.9. The van der Waals surface area contributed by atoms with Gasteiger partial charge in [-0.15, -0.1) is 10.2 Å². The summed E-state index contributed by atoms with van der Waals surface area (Å²) in [5.74, 6) is 1.49. The van der Waals surface area contributed by atoms with Crippen molar-refractivity contribution < 1.29 is 19.1 Å². The van der Waals surface area contributed by atoms with Crippen LogP contribution in [-0.2, 0) is 33.8 Å². The highest BCUT2D eigenvalue weighted by Gasteiger charge is 2.31. The molecular weight excluding hydrogens is 410 g/mol. The normalized spacial score (nSPS) is 16.8. The SMILES string of the molecule is CNC(=O)OCC1CCn2c(nnc2[C@@H](COCc2ccccc2)CC(=O)C(C)(C)N)C1. The number of hydrogen-bond acceptors (Lipinski definition) is 7. The fourth-order valence-corrected chi connectivity index (χ4v) is 3.73. The second-order valence-corrected chi connectivity index (χ2v) is 8.88. The first-order valence-corrected chi connectivity index (χ1v) is 11.0. The molecule has 1 aliphatic rings. The van der Waals surface area contributed by atoms with Gasteiger partial charge >= 0.3 is 6.09 Å². The minimum atomic E-state index is -0.926. The average molecular weight is 444 g/mol.